The van der Waals surface area contributed by atoms with Crippen LogP contribution in [-0.2, 0) is 11.3 Å². The molecule has 0 N–H and O–H groups in total. The lowest BCUT2D eigenvalue weighted by Gasteiger charge is -2.15. The van der Waals surface area contributed by atoms with Crippen LogP contribution in [0.3, 0.4) is 0 Å². The maximum Gasteiger partial charge on any atom is 0.231 e. The topological polar surface area (TPSA) is 58.5 Å². The molecule has 6 nitrogen and oxygen atoms in total. The van der Waals surface area contributed by atoms with E-state index in [1.165, 1.54) is 0 Å². The van der Waals surface area contributed by atoms with Crippen molar-refractivity contribution in [1.82, 2.24) is 0 Å². The Balaban J connectivity index is 1.71. The normalized spacial score (nSPS) is 15.8. The second-order valence-electron chi connectivity index (χ2n) is 6.57. The van der Waals surface area contributed by atoms with E-state index in [1.807, 2.05) is 30.3 Å². The van der Waals surface area contributed by atoms with Gasteiger partial charge in [0.15, 0.2) is 23.0 Å². The van der Waals surface area contributed by atoms with Gasteiger partial charge in [-0.15, -0.1) is 0 Å². The van der Waals surface area contributed by atoms with Gasteiger partial charge in [0.05, 0.1) is 13.7 Å². The molecule has 134 valence electrons. The zero-order valence-electron chi connectivity index (χ0n) is 14.6. The number of methoxy groups -OCH3 is 1. The van der Waals surface area contributed by atoms with Crippen molar-refractivity contribution < 1.29 is 23.7 Å². The lowest BCUT2D eigenvalue weighted by atomic mass is 9.89. The smallest absolute Gasteiger partial charge is 0.231 e. The highest BCUT2D eigenvalue weighted by Crippen LogP contribution is 2.48. The molecule has 0 radical (unpaired) electrons. The molecule has 0 fully saturated rings. The number of benzene rings is 3. The zero-order chi connectivity index (χ0) is 18.0. The average molecular weight is 361 g/mol. The standard InChI is InChI=1S/C21H15NO5/c1-23-21-13-6-11-3-5-16-20(27-10-25-16)19(11)18(14(13)8-22-21)12-2-4-15-17(7-12)26-9-24-15/h2-7H,8-10H2,1H3. The predicted octanol–water partition coefficient (Wildman–Crippen LogP) is 3.87. The molecule has 0 unspecified atom stereocenters. The van der Waals surface area contributed by atoms with E-state index >= 15 is 0 Å². The highest BCUT2D eigenvalue weighted by molar-refractivity contribution is 6.11. The average Bonchev–Trinajstić information content (AvgIpc) is 3.43. The van der Waals surface area contributed by atoms with Crippen molar-refractivity contribution in [3.8, 4) is 34.1 Å². The summed E-state index contributed by atoms with van der Waals surface area (Å²) in [7, 11) is 1.65. The summed E-state index contributed by atoms with van der Waals surface area (Å²) in [6.07, 6.45) is 0. The van der Waals surface area contributed by atoms with Gasteiger partial charge in [0.2, 0.25) is 19.5 Å². The maximum atomic E-state index is 5.83. The van der Waals surface area contributed by atoms with Crippen LogP contribution in [0.25, 0.3) is 21.9 Å². The van der Waals surface area contributed by atoms with Gasteiger partial charge in [0, 0.05) is 10.9 Å². The van der Waals surface area contributed by atoms with Crippen LogP contribution in [0.2, 0.25) is 0 Å². The Hall–Kier alpha value is -3.41. The summed E-state index contributed by atoms with van der Waals surface area (Å²) in [5, 5.41) is 2.08. The number of ether oxygens (including phenoxy) is 5. The third kappa shape index (κ3) is 1.98. The molecule has 3 aromatic carbocycles. The molecular formula is C21H15NO5. The van der Waals surface area contributed by atoms with Crippen molar-refractivity contribution in [1.29, 1.82) is 0 Å². The van der Waals surface area contributed by atoms with Crippen molar-refractivity contribution in [2.75, 3.05) is 20.7 Å². The Kier molecular flexibility index (Phi) is 2.89. The second kappa shape index (κ2) is 5.30. The Labute approximate surface area is 154 Å². The van der Waals surface area contributed by atoms with E-state index in [9.17, 15) is 0 Å². The molecule has 3 aliphatic heterocycles. The molecule has 0 bridgehead atoms. The van der Waals surface area contributed by atoms with Gasteiger partial charge in [0.1, 0.15) is 0 Å². The van der Waals surface area contributed by atoms with Gasteiger partial charge in [-0.3, -0.25) is 0 Å². The highest BCUT2D eigenvalue weighted by Gasteiger charge is 2.28. The molecule has 0 aromatic heterocycles. The minimum Gasteiger partial charge on any atom is -0.481 e. The maximum absolute atomic E-state index is 5.83. The number of rotatable bonds is 1. The molecule has 3 aliphatic rings. The van der Waals surface area contributed by atoms with E-state index in [0.29, 0.717) is 12.4 Å². The zero-order valence-corrected chi connectivity index (χ0v) is 14.6. The molecule has 0 saturated heterocycles. The summed E-state index contributed by atoms with van der Waals surface area (Å²) in [6, 6.07) is 12.1. The van der Waals surface area contributed by atoms with E-state index < -0.39 is 0 Å². The number of hydrogen-bond acceptors (Lipinski definition) is 6. The van der Waals surface area contributed by atoms with E-state index in [2.05, 4.69) is 11.1 Å². The molecule has 27 heavy (non-hydrogen) atoms. The first kappa shape index (κ1) is 14.7. The monoisotopic (exact) mass is 361 g/mol. The van der Waals surface area contributed by atoms with E-state index in [1.54, 1.807) is 7.11 Å². The Morgan fingerprint density at radius 1 is 0.889 bits per heavy atom. The summed E-state index contributed by atoms with van der Waals surface area (Å²) in [5.74, 6) is 3.69. The molecule has 0 amide bonds. The van der Waals surface area contributed by atoms with Gasteiger partial charge in [-0.2, -0.15) is 0 Å². The van der Waals surface area contributed by atoms with Crippen molar-refractivity contribution in [3.05, 3.63) is 47.5 Å². The highest BCUT2D eigenvalue weighted by atomic mass is 16.7. The molecule has 0 spiro atoms. The molecule has 3 heterocycles. The summed E-state index contributed by atoms with van der Waals surface area (Å²) in [4.78, 5) is 4.56. The molecular weight excluding hydrogens is 346 g/mol. The van der Waals surface area contributed by atoms with Crippen LogP contribution >= 0.6 is 0 Å². The van der Waals surface area contributed by atoms with Crippen LogP contribution in [0.4, 0.5) is 0 Å². The van der Waals surface area contributed by atoms with Crippen LogP contribution in [-0.4, -0.2) is 26.6 Å². The predicted molar refractivity (Wildman–Crippen MR) is 98.9 cm³/mol. The molecule has 0 aliphatic carbocycles. The van der Waals surface area contributed by atoms with Crippen LogP contribution in [0.5, 0.6) is 23.0 Å². The second-order valence-corrected chi connectivity index (χ2v) is 6.57. The fourth-order valence-corrected chi connectivity index (χ4v) is 4.03. The number of aliphatic imine (C=N–C) groups is 1. The van der Waals surface area contributed by atoms with Crippen LogP contribution < -0.4 is 18.9 Å². The van der Waals surface area contributed by atoms with E-state index in [4.69, 9.17) is 23.7 Å². The summed E-state index contributed by atoms with van der Waals surface area (Å²) < 4.78 is 28.0. The van der Waals surface area contributed by atoms with E-state index in [-0.39, 0.29) is 13.6 Å². The van der Waals surface area contributed by atoms with Crippen LogP contribution in [0.1, 0.15) is 11.1 Å². The third-order valence-electron chi connectivity index (χ3n) is 5.21. The van der Waals surface area contributed by atoms with Crippen LogP contribution in [0, 0.1) is 0 Å². The Morgan fingerprint density at radius 2 is 1.70 bits per heavy atom. The fraction of sp³-hybridized carbons (Fsp3) is 0.190. The molecule has 6 rings (SSSR count). The van der Waals surface area contributed by atoms with Gasteiger partial charge in [-0.05, 0) is 46.3 Å². The lowest BCUT2D eigenvalue weighted by molar-refractivity contribution is 0.174. The number of nitrogens with zero attached hydrogens (tertiary/aromatic N) is 1. The first-order valence-corrected chi connectivity index (χ1v) is 8.70. The fourth-order valence-electron chi connectivity index (χ4n) is 4.03. The largest absolute Gasteiger partial charge is 0.481 e. The summed E-state index contributed by atoms with van der Waals surface area (Å²) >= 11 is 0. The molecule has 6 heteroatoms. The molecule has 0 saturated carbocycles. The van der Waals surface area contributed by atoms with Gasteiger partial charge >= 0.3 is 0 Å². The van der Waals surface area contributed by atoms with E-state index in [0.717, 1.165) is 56.0 Å². The van der Waals surface area contributed by atoms with Crippen molar-refractivity contribution in [2.24, 2.45) is 4.99 Å². The number of fused-ring (bicyclic) bond motifs is 5. The van der Waals surface area contributed by atoms with Gasteiger partial charge < -0.3 is 23.7 Å². The minimum absolute atomic E-state index is 0.228. The van der Waals surface area contributed by atoms with Crippen molar-refractivity contribution in [3.63, 3.8) is 0 Å². The number of hydrogen-bond donors (Lipinski definition) is 0. The first-order chi connectivity index (χ1) is 13.3. The summed E-state index contributed by atoms with van der Waals surface area (Å²) in [6.45, 7) is 1.03. The Morgan fingerprint density at radius 3 is 2.63 bits per heavy atom. The van der Waals surface area contributed by atoms with Crippen molar-refractivity contribution >= 4 is 16.7 Å². The molecule has 0 atom stereocenters. The van der Waals surface area contributed by atoms with Gasteiger partial charge in [-0.25, -0.2) is 4.99 Å². The minimum atomic E-state index is 0.228. The Bertz CT molecular complexity index is 1150. The van der Waals surface area contributed by atoms with Gasteiger partial charge in [-0.1, -0.05) is 12.1 Å². The van der Waals surface area contributed by atoms with Gasteiger partial charge in [0.25, 0.3) is 0 Å². The molecule has 3 aromatic rings. The van der Waals surface area contributed by atoms with Crippen molar-refractivity contribution in [2.45, 2.75) is 6.54 Å². The third-order valence-corrected chi connectivity index (χ3v) is 5.21. The quantitative estimate of drug-likeness (QED) is 0.659. The summed E-state index contributed by atoms with van der Waals surface area (Å²) in [5.41, 5.74) is 4.22. The SMILES string of the molecule is COC1=NCc2c1cc1ccc3c(c1c2-c1ccc2c(c1)OCO2)OCO3. The lowest BCUT2D eigenvalue weighted by Crippen LogP contribution is -2.02. The van der Waals surface area contributed by atoms with Crippen LogP contribution in [0.15, 0.2) is 41.4 Å². The first-order valence-electron chi connectivity index (χ1n) is 8.70.